The zero-order chi connectivity index (χ0) is 15.9. The van der Waals surface area contributed by atoms with Gasteiger partial charge >= 0.3 is 0 Å². The van der Waals surface area contributed by atoms with E-state index in [4.69, 9.17) is 5.73 Å². The molecular formula is C16H18N2O2S2. The summed E-state index contributed by atoms with van der Waals surface area (Å²) in [6.07, 6.45) is 2.99. The zero-order valence-electron chi connectivity index (χ0n) is 12.3. The third-order valence-electron chi connectivity index (χ3n) is 3.14. The molecule has 0 fully saturated rings. The van der Waals surface area contributed by atoms with Crippen LogP contribution in [-0.4, -0.2) is 30.4 Å². The fourth-order valence-corrected chi connectivity index (χ4v) is 3.28. The molecule has 0 saturated heterocycles. The summed E-state index contributed by atoms with van der Waals surface area (Å²) in [5.41, 5.74) is 7.56. The van der Waals surface area contributed by atoms with Gasteiger partial charge in [-0.25, -0.2) is 0 Å². The SMILES string of the molecule is CSCCCNC(=O)c1cccc(-c2ccsc2C(N)=O)c1. The summed E-state index contributed by atoms with van der Waals surface area (Å²) in [5.74, 6) is 0.479. The average molecular weight is 334 g/mol. The maximum atomic E-state index is 12.1. The lowest BCUT2D eigenvalue weighted by molar-refractivity contribution is 0.0952. The third kappa shape index (κ3) is 4.11. The largest absolute Gasteiger partial charge is 0.365 e. The molecule has 0 unspecified atom stereocenters. The molecule has 0 spiro atoms. The standard InChI is InChI=1S/C16H18N2O2S2/c1-21-8-3-7-18-16(20)12-5-2-4-11(10-12)13-6-9-22-14(13)15(17)19/h2,4-6,9-10H,3,7-8H2,1H3,(H2,17,19)(H,18,20). The van der Waals surface area contributed by atoms with E-state index < -0.39 is 5.91 Å². The Hall–Kier alpha value is -1.79. The molecule has 116 valence electrons. The highest BCUT2D eigenvalue weighted by Crippen LogP contribution is 2.28. The van der Waals surface area contributed by atoms with Crippen LogP contribution in [0, 0.1) is 0 Å². The fraction of sp³-hybridized carbons (Fsp3) is 0.250. The molecule has 0 aliphatic rings. The van der Waals surface area contributed by atoms with Crippen molar-refractivity contribution in [2.45, 2.75) is 6.42 Å². The topological polar surface area (TPSA) is 72.2 Å². The van der Waals surface area contributed by atoms with Crippen molar-refractivity contribution in [1.29, 1.82) is 0 Å². The smallest absolute Gasteiger partial charge is 0.259 e. The molecule has 2 rings (SSSR count). The highest BCUT2D eigenvalue weighted by Gasteiger charge is 2.13. The Morgan fingerprint density at radius 1 is 1.32 bits per heavy atom. The van der Waals surface area contributed by atoms with Crippen molar-refractivity contribution >= 4 is 34.9 Å². The van der Waals surface area contributed by atoms with E-state index in [2.05, 4.69) is 5.32 Å². The van der Waals surface area contributed by atoms with Crippen LogP contribution in [0.4, 0.5) is 0 Å². The van der Waals surface area contributed by atoms with Crippen LogP contribution < -0.4 is 11.1 Å². The predicted molar refractivity (Wildman–Crippen MR) is 93.6 cm³/mol. The van der Waals surface area contributed by atoms with E-state index in [0.717, 1.165) is 23.3 Å². The number of primary amides is 1. The number of rotatable bonds is 7. The number of nitrogens with one attached hydrogen (secondary N) is 1. The lowest BCUT2D eigenvalue weighted by atomic mass is 10.0. The van der Waals surface area contributed by atoms with Gasteiger partial charge in [0.25, 0.3) is 11.8 Å². The lowest BCUT2D eigenvalue weighted by Gasteiger charge is -2.07. The van der Waals surface area contributed by atoms with Gasteiger partial charge in [0.05, 0.1) is 4.88 Å². The lowest BCUT2D eigenvalue weighted by Crippen LogP contribution is -2.24. The van der Waals surface area contributed by atoms with Gasteiger partial charge in [-0.1, -0.05) is 12.1 Å². The van der Waals surface area contributed by atoms with E-state index in [1.807, 2.05) is 29.8 Å². The molecule has 1 aromatic heterocycles. The Kier molecular flexibility index (Phi) is 6.03. The van der Waals surface area contributed by atoms with Crippen molar-refractivity contribution in [3.63, 3.8) is 0 Å². The summed E-state index contributed by atoms with van der Waals surface area (Å²) >= 11 is 3.07. The second-order valence-corrected chi connectivity index (χ2v) is 6.61. The van der Waals surface area contributed by atoms with Crippen molar-refractivity contribution in [2.24, 2.45) is 5.73 Å². The number of nitrogens with two attached hydrogens (primary N) is 1. The fourth-order valence-electron chi connectivity index (χ4n) is 2.08. The van der Waals surface area contributed by atoms with Gasteiger partial charge in [0.2, 0.25) is 0 Å². The minimum absolute atomic E-state index is 0.0983. The number of carbonyl (C=O) groups excluding carboxylic acids is 2. The minimum Gasteiger partial charge on any atom is -0.365 e. The van der Waals surface area contributed by atoms with E-state index in [1.54, 1.807) is 23.9 Å². The Bertz CT molecular complexity index is 668. The predicted octanol–water partition coefficient (Wildman–Crippen LogP) is 3.00. The van der Waals surface area contributed by atoms with Crippen molar-refractivity contribution < 1.29 is 9.59 Å². The van der Waals surface area contributed by atoms with E-state index in [-0.39, 0.29) is 5.91 Å². The van der Waals surface area contributed by atoms with Gasteiger partial charge in [-0.3, -0.25) is 9.59 Å². The van der Waals surface area contributed by atoms with Crippen LogP contribution in [-0.2, 0) is 0 Å². The molecule has 22 heavy (non-hydrogen) atoms. The summed E-state index contributed by atoms with van der Waals surface area (Å²) in [5, 5.41) is 4.73. The molecule has 0 bridgehead atoms. The molecule has 1 heterocycles. The average Bonchev–Trinajstić information content (AvgIpc) is 3.01. The monoisotopic (exact) mass is 334 g/mol. The third-order valence-corrected chi connectivity index (χ3v) is 4.76. The van der Waals surface area contributed by atoms with Crippen LogP contribution in [0.1, 0.15) is 26.5 Å². The first-order valence-corrected chi connectivity index (χ1v) is 9.15. The molecule has 0 aliphatic heterocycles. The molecule has 6 heteroatoms. The Balaban J connectivity index is 2.14. The number of carbonyl (C=O) groups is 2. The van der Waals surface area contributed by atoms with E-state index in [1.165, 1.54) is 11.3 Å². The quantitative estimate of drug-likeness (QED) is 0.765. The second-order valence-electron chi connectivity index (χ2n) is 4.71. The Morgan fingerprint density at radius 2 is 2.14 bits per heavy atom. The molecule has 2 aromatic rings. The van der Waals surface area contributed by atoms with E-state index in [9.17, 15) is 9.59 Å². The highest BCUT2D eigenvalue weighted by molar-refractivity contribution is 7.98. The number of amides is 2. The molecule has 4 nitrogen and oxygen atoms in total. The van der Waals surface area contributed by atoms with Crippen LogP contribution in [0.3, 0.4) is 0 Å². The number of hydrogen-bond acceptors (Lipinski definition) is 4. The number of thiophene rings is 1. The molecule has 0 saturated carbocycles. The summed E-state index contributed by atoms with van der Waals surface area (Å²) in [4.78, 5) is 24.1. The Morgan fingerprint density at radius 3 is 2.86 bits per heavy atom. The Labute approximate surface area is 138 Å². The summed E-state index contributed by atoms with van der Waals surface area (Å²) in [7, 11) is 0. The second kappa shape index (κ2) is 8.00. The van der Waals surface area contributed by atoms with Crippen LogP contribution in [0.25, 0.3) is 11.1 Å². The number of thioether (sulfide) groups is 1. The van der Waals surface area contributed by atoms with Crippen molar-refractivity contribution in [2.75, 3.05) is 18.6 Å². The molecule has 0 aliphatic carbocycles. The van der Waals surface area contributed by atoms with Gasteiger partial charge in [0, 0.05) is 17.7 Å². The molecule has 0 atom stereocenters. The summed E-state index contributed by atoms with van der Waals surface area (Å²) < 4.78 is 0. The van der Waals surface area contributed by atoms with Gasteiger partial charge in [-0.05, 0) is 47.6 Å². The van der Waals surface area contributed by atoms with Crippen LogP contribution >= 0.6 is 23.1 Å². The first kappa shape index (κ1) is 16.6. The first-order valence-electron chi connectivity index (χ1n) is 6.88. The maximum Gasteiger partial charge on any atom is 0.259 e. The van der Waals surface area contributed by atoms with Crippen molar-refractivity contribution in [1.82, 2.24) is 5.32 Å². The first-order chi connectivity index (χ1) is 10.6. The van der Waals surface area contributed by atoms with Gasteiger partial charge < -0.3 is 11.1 Å². The maximum absolute atomic E-state index is 12.1. The normalized spacial score (nSPS) is 10.4. The summed E-state index contributed by atoms with van der Waals surface area (Å²) in [6.45, 7) is 0.662. The number of hydrogen-bond donors (Lipinski definition) is 2. The molecule has 3 N–H and O–H groups in total. The van der Waals surface area contributed by atoms with Crippen molar-refractivity contribution in [3.8, 4) is 11.1 Å². The molecule has 0 radical (unpaired) electrons. The minimum atomic E-state index is -0.447. The van der Waals surface area contributed by atoms with Crippen LogP contribution in [0.2, 0.25) is 0 Å². The molecular weight excluding hydrogens is 316 g/mol. The van der Waals surface area contributed by atoms with Crippen LogP contribution in [0.5, 0.6) is 0 Å². The zero-order valence-corrected chi connectivity index (χ0v) is 13.9. The van der Waals surface area contributed by atoms with Crippen molar-refractivity contribution in [3.05, 3.63) is 46.2 Å². The molecule has 1 aromatic carbocycles. The number of benzene rings is 1. The molecule has 2 amide bonds. The van der Waals surface area contributed by atoms with E-state index in [0.29, 0.717) is 17.0 Å². The van der Waals surface area contributed by atoms with Gasteiger partial charge in [0.15, 0.2) is 0 Å². The van der Waals surface area contributed by atoms with E-state index >= 15 is 0 Å². The highest BCUT2D eigenvalue weighted by atomic mass is 32.2. The summed E-state index contributed by atoms with van der Waals surface area (Å²) in [6, 6.07) is 9.09. The van der Waals surface area contributed by atoms with Gasteiger partial charge in [0.1, 0.15) is 0 Å². The van der Waals surface area contributed by atoms with Gasteiger partial charge in [-0.15, -0.1) is 11.3 Å². The van der Waals surface area contributed by atoms with Gasteiger partial charge in [-0.2, -0.15) is 11.8 Å². The van der Waals surface area contributed by atoms with Crippen LogP contribution in [0.15, 0.2) is 35.7 Å².